The molecule has 0 spiro atoms. The van der Waals surface area contributed by atoms with Crippen molar-refractivity contribution >= 4 is 0 Å². The Morgan fingerprint density at radius 3 is 2.47 bits per heavy atom. The van der Waals surface area contributed by atoms with Gasteiger partial charge < -0.3 is 15.5 Å². The predicted molar refractivity (Wildman–Crippen MR) is 69.8 cm³/mol. The van der Waals surface area contributed by atoms with Crippen LogP contribution in [0.15, 0.2) is 30.3 Å². The van der Waals surface area contributed by atoms with Crippen LogP contribution in [0.1, 0.15) is 31.9 Å². The predicted octanol–water partition coefficient (Wildman–Crippen LogP) is 1.72. The van der Waals surface area contributed by atoms with Gasteiger partial charge in [-0.3, -0.25) is 0 Å². The van der Waals surface area contributed by atoms with Gasteiger partial charge in [0, 0.05) is 25.1 Å². The Hall–Kier alpha value is -0.900. The van der Waals surface area contributed by atoms with Crippen LogP contribution >= 0.6 is 0 Å². The van der Waals surface area contributed by atoms with Gasteiger partial charge in [0.25, 0.3) is 0 Å². The van der Waals surface area contributed by atoms with E-state index in [2.05, 4.69) is 12.2 Å². The second-order valence-electron chi connectivity index (χ2n) is 4.88. The van der Waals surface area contributed by atoms with Crippen molar-refractivity contribution in [1.82, 2.24) is 5.32 Å². The van der Waals surface area contributed by atoms with Crippen LogP contribution in [0.5, 0.6) is 0 Å². The molecular weight excluding hydrogens is 214 g/mol. The van der Waals surface area contributed by atoms with E-state index in [0.29, 0.717) is 13.1 Å². The summed E-state index contributed by atoms with van der Waals surface area (Å²) in [5.41, 5.74) is 0.818. The maximum absolute atomic E-state index is 9.94. The first-order chi connectivity index (χ1) is 8.11. The third-order valence-corrected chi connectivity index (χ3v) is 3.31. The highest BCUT2D eigenvalue weighted by atomic mass is 16.3. The monoisotopic (exact) mass is 237 g/mol. The quantitative estimate of drug-likeness (QED) is 0.677. The fourth-order valence-electron chi connectivity index (χ4n) is 1.60. The van der Waals surface area contributed by atoms with Gasteiger partial charge in [-0.2, -0.15) is 0 Å². The fourth-order valence-corrected chi connectivity index (χ4v) is 1.60. The van der Waals surface area contributed by atoms with Crippen LogP contribution in [0.3, 0.4) is 0 Å². The van der Waals surface area contributed by atoms with Gasteiger partial charge in [-0.15, -0.1) is 0 Å². The molecule has 0 radical (unpaired) electrons. The van der Waals surface area contributed by atoms with E-state index in [1.54, 1.807) is 0 Å². The summed E-state index contributed by atoms with van der Waals surface area (Å²) in [6.45, 7) is 5.49. The topological polar surface area (TPSA) is 52.5 Å². The van der Waals surface area contributed by atoms with Crippen LogP contribution < -0.4 is 5.32 Å². The Bertz CT molecular complexity index is 309. The smallest absolute Gasteiger partial charge is 0.0914 e. The Kier molecular flexibility index (Phi) is 5.62. The molecule has 0 aliphatic heterocycles. The first-order valence-electron chi connectivity index (χ1n) is 6.16. The maximum Gasteiger partial charge on any atom is 0.0914 e. The lowest BCUT2D eigenvalue weighted by atomic mass is 9.88. The fraction of sp³-hybridized carbons (Fsp3) is 0.571. The Morgan fingerprint density at radius 2 is 1.94 bits per heavy atom. The molecule has 0 bridgehead atoms. The number of aliphatic hydroxyl groups is 2. The van der Waals surface area contributed by atoms with Gasteiger partial charge in [-0.25, -0.2) is 0 Å². The largest absolute Gasteiger partial charge is 0.396 e. The number of aliphatic hydroxyl groups excluding tert-OH is 2. The minimum atomic E-state index is -0.490. The van der Waals surface area contributed by atoms with Crippen molar-refractivity contribution in [1.29, 1.82) is 0 Å². The summed E-state index contributed by atoms with van der Waals surface area (Å²) in [4.78, 5) is 0. The summed E-state index contributed by atoms with van der Waals surface area (Å²) < 4.78 is 0. The molecule has 0 amide bonds. The summed E-state index contributed by atoms with van der Waals surface area (Å²) in [6.07, 6.45) is 0.425. The van der Waals surface area contributed by atoms with E-state index in [1.807, 2.05) is 37.3 Å². The Balaban J connectivity index is 2.37. The van der Waals surface area contributed by atoms with Crippen LogP contribution in [0.4, 0.5) is 0 Å². The van der Waals surface area contributed by atoms with E-state index in [0.717, 1.165) is 12.0 Å². The second kappa shape index (κ2) is 6.74. The van der Waals surface area contributed by atoms with Crippen molar-refractivity contribution in [2.24, 2.45) is 5.41 Å². The Labute approximate surface area is 103 Å². The van der Waals surface area contributed by atoms with Crippen molar-refractivity contribution in [2.75, 3.05) is 19.7 Å². The van der Waals surface area contributed by atoms with Crippen molar-refractivity contribution in [3.8, 4) is 0 Å². The normalized spacial score (nSPS) is 16.5. The number of nitrogens with one attached hydrogen (secondary N) is 1. The zero-order valence-corrected chi connectivity index (χ0v) is 10.7. The molecule has 96 valence electrons. The van der Waals surface area contributed by atoms with Crippen LogP contribution in [0.25, 0.3) is 0 Å². The van der Waals surface area contributed by atoms with E-state index in [9.17, 15) is 10.2 Å². The molecule has 0 aliphatic rings. The summed E-state index contributed by atoms with van der Waals surface area (Å²) >= 11 is 0. The summed E-state index contributed by atoms with van der Waals surface area (Å²) in [5, 5.41) is 22.4. The first-order valence-corrected chi connectivity index (χ1v) is 6.16. The van der Waals surface area contributed by atoms with Crippen molar-refractivity contribution in [2.45, 2.75) is 26.4 Å². The second-order valence-corrected chi connectivity index (χ2v) is 4.88. The number of rotatable bonds is 7. The zero-order valence-electron chi connectivity index (χ0n) is 10.7. The minimum Gasteiger partial charge on any atom is -0.396 e. The van der Waals surface area contributed by atoms with E-state index in [4.69, 9.17) is 0 Å². The standard InChI is InChI=1S/C14H23NO2/c1-3-14(2,11-16)10-15-9-13(17)12-7-5-4-6-8-12/h4-8,13,15-17H,3,9-11H2,1-2H3. The van der Waals surface area contributed by atoms with E-state index >= 15 is 0 Å². The molecule has 0 aromatic heterocycles. The summed E-state index contributed by atoms with van der Waals surface area (Å²) in [6, 6.07) is 9.60. The highest BCUT2D eigenvalue weighted by Crippen LogP contribution is 2.19. The lowest BCUT2D eigenvalue weighted by Crippen LogP contribution is -2.36. The lowest BCUT2D eigenvalue weighted by Gasteiger charge is -2.26. The van der Waals surface area contributed by atoms with Gasteiger partial charge in [-0.1, -0.05) is 44.2 Å². The van der Waals surface area contributed by atoms with Crippen LogP contribution in [-0.2, 0) is 0 Å². The number of hydrogen-bond acceptors (Lipinski definition) is 3. The average Bonchev–Trinajstić information content (AvgIpc) is 2.39. The SMILES string of the molecule is CCC(C)(CO)CNCC(O)c1ccccc1. The molecule has 1 rings (SSSR count). The molecule has 1 aromatic carbocycles. The number of hydrogen-bond donors (Lipinski definition) is 3. The third-order valence-electron chi connectivity index (χ3n) is 3.31. The molecule has 0 saturated heterocycles. The van der Waals surface area contributed by atoms with Crippen LogP contribution in [-0.4, -0.2) is 29.9 Å². The lowest BCUT2D eigenvalue weighted by molar-refractivity contribution is 0.122. The Morgan fingerprint density at radius 1 is 1.29 bits per heavy atom. The molecule has 2 atom stereocenters. The molecule has 0 fully saturated rings. The molecule has 0 aliphatic carbocycles. The van der Waals surface area contributed by atoms with E-state index in [1.165, 1.54) is 0 Å². The highest BCUT2D eigenvalue weighted by Gasteiger charge is 2.20. The maximum atomic E-state index is 9.94. The highest BCUT2D eigenvalue weighted by molar-refractivity contribution is 5.17. The summed E-state index contributed by atoms with van der Waals surface area (Å²) in [5.74, 6) is 0. The van der Waals surface area contributed by atoms with Gasteiger partial charge in [-0.05, 0) is 12.0 Å². The molecular formula is C14H23NO2. The molecule has 17 heavy (non-hydrogen) atoms. The minimum absolute atomic E-state index is 0.101. The van der Waals surface area contributed by atoms with Crippen LogP contribution in [0, 0.1) is 5.41 Å². The van der Waals surface area contributed by atoms with Crippen molar-refractivity contribution < 1.29 is 10.2 Å². The molecule has 3 heteroatoms. The van der Waals surface area contributed by atoms with Gasteiger partial charge in [0.2, 0.25) is 0 Å². The van der Waals surface area contributed by atoms with Gasteiger partial charge >= 0.3 is 0 Å². The average molecular weight is 237 g/mol. The van der Waals surface area contributed by atoms with Crippen molar-refractivity contribution in [3.05, 3.63) is 35.9 Å². The molecule has 1 aromatic rings. The van der Waals surface area contributed by atoms with Gasteiger partial charge in [0.15, 0.2) is 0 Å². The van der Waals surface area contributed by atoms with Crippen molar-refractivity contribution in [3.63, 3.8) is 0 Å². The molecule has 3 nitrogen and oxygen atoms in total. The van der Waals surface area contributed by atoms with Gasteiger partial charge in [0.05, 0.1) is 6.10 Å². The molecule has 2 unspecified atom stereocenters. The first kappa shape index (κ1) is 14.2. The summed E-state index contributed by atoms with van der Waals surface area (Å²) in [7, 11) is 0. The van der Waals surface area contributed by atoms with E-state index < -0.39 is 6.10 Å². The van der Waals surface area contributed by atoms with E-state index in [-0.39, 0.29) is 12.0 Å². The third kappa shape index (κ3) is 4.46. The molecule has 0 saturated carbocycles. The molecule has 0 heterocycles. The van der Waals surface area contributed by atoms with Crippen LogP contribution in [0.2, 0.25) is 0 Å². The van der Waals surface area contributed by atoms with Gasteiger partial charge in [0.1, 0.15) is 0 Å². The molecule has 3 N–H and O–H groups in total. The number of benzene rings is 1. The zero-order chi connectivity index (χ0) is 12.7.